The van der Waals surface area contributed by atoms with Crippen molar-refractivity contribution in [1.82, 2.24) is 9.55 Å². The normalized spacial score (nSPS) is 15.2. The highest BCUT2D eigenvalue weighted by Crippen LogP contribution is 2.39. The van der Waals surface area contributed by atoms with Gasteiger partial charge < -0.3 is 9.88 Å². The van der Waals surface area contributed by atoms with Gasteiger partial charge in [0.15, 0.2) is 0 Å². The van der Waals surface area contributed by atoms with Gasteiger partial charge in [0.25, 0.3) is 0 Å². The monoisotopic (exact) mass is 460 g/mol. The molecule has 1 N–H and O–H groups in total. The lowest BCUT2D eigenvalue weighted by molar-refractivity contribution is -0.111. The Kier molecular flexibility index (Phi) is 5.96. The van der Waals surface area contributed by atoms with Gasteiger partial charge >= 0.3 is 0 Å². The summed E-state index contributed by atoms with van der Waals surface area (Å²) in [5.41, 5.74) is 8.44. The standard InChI is InChI=1S/C30H28N4O/c1-19-8-6-11-23(16-19)33-28(35)15-14-27-25(18-31)29-20(2)17-21(3)32-30(29)34(27)26-13-7-10-22-9-4-5-12-24(22)26/h4-6,8-9,11-12,14-17,26H,7,10,13H2,1-3H3,(H,33,35)/b15-14+/t26-/m0/s1. The molecule has 0 spiro atoms. The summed E-state index contributed by atoms with van der Waals surface area (Å²) < 4.78 is 2.18. The summed E-state index contributed by atoms with van der Waals surface area (Å²) >= 11 is 0. The number of anilines is 1. The number of carbonyl (C=O) groups excluding carboxylic acids is 1. The second-order valence-electron chi connectivity index (χ2n) is 9.32. The average Bonchev–Trinajstić information content (AvgIpc) is 3.15. The topological polar surface area (TPSA) is 70.7 Å². The van der Waals surface area contributed by atoms with E-state index in [1.807, 2.05) is 51.1 Å². The molecule has 1 amide bonds. The van der Waals surface area contributed by atoms with Gasteiger partial charge in [-0.3, -0.25) is 4.79 Å². The van der Waals surface area contributed by atoms with Gasteiger partial charge in [-0.1, -0.05) is 36.4 Å². The minimum absolute atomic E-state index is 0.0535. The van der Waals surface area contributed by atoms with Crippen molar-refractivity contribution >= 4 is 28.7 Å². The molecule has 0 bridgehead atoms. The number of aromatic nitrogens is 2. The second kappa shape index (κ2) is 9.23. The summed E-state index contributed by atoms with van der Waals surface area (Å²) in [7, 11) is 0. The van der Waals surface area contributed by atoms with Crippen LogP contribution in [-0.4, -0.2) is 15.5 Å². The number of nitrogens with zero attached hydrogens (tertiary/aromatic N) is 3. The van der Waals surface area contributed by atoms with Crippen molar-refractivity contribution < 1.29 is 4.79 Å². The van der Waals surface area contributed by atoms with Crippen molar-refractivity contribution in [2.75, 3.05) is 5.32 Å². The predicted molar refractivity (Wildman–Crippen MR) is 140 cm³/mol. The summed E-state index contributed by atoms with van der Waals surface area (Å²) in [5.74, 6) is -0.235. The molecule has 0 saturated carbocycles. The van der Waals surface area contributed by atoms with E-state index in [1.165, 1.54) is 17.2 Å². The van der Waals surface area contributed by atoms with Crippen LogP contribution in [0.4, 0.5) is 5.69 Å². The highest BCUT2D eigenvalue weighted by molar-refractivity contribution is 6.03. The number of rotatable bonds is 4. The van der Waals surface area contributed by atoms with Crippen molar-refractivity contribution in [3.8, 4) is 6.07 Å². The molecular formula is C30H28N4O. The summed E-state index contributed by atoms with van der Waals surface area (Å²) in [6.07, 6.45) is 6.36. The van der Waals surface area contributed by atoms with Gasteiger partial charge in [0, 0.05) is 22.8 Å². The fourth-order valence-corrected chi connectivity index (χ4v) is 5.31. The molecule has 2 aromatic heterocycles. The Bertz CT molecular complexity index is 1520. The van der Waals surface area contributed by atoms with E-state index < -0.39 is 0 Å². The first kappa shape index (κ1) is 22.6. The van der Waals surface area contributed by atoms with Crippen molar-refractivity contribution in [3.63, 3.8) is 0 Å². The third-order valence-corrected chi connectivity index (χ3v) is 6.76. The molecule has 2 aromatic carbocycles. The average molecular weight is 461 g/mol. The van der Waals surface area contributed by atoms with Crippen molar-refractivity contribution in [2.45, 2.75) is 46.1 Å². The molecule has 1 aliphatic carbocycles. The molecular weight excluding hydrogens is 432 g/mol. The van der Waals surface area contributed by atoms with Crippen molar-refractivity contribution in [1.29, 1.82) is 5.26 Å². The van der Waals surface area contributed by atoms with Gasteiger partial charge in [-0.2, -0.15) is 5.26 Å². The number of aryl methyl sites for hydroxylation is 4. The molecule has 5 nitrogen and oxygen atoms in total. The Morgan fingerprint density at radius 3 is 2.77 bits per heavy atom. The van der Waals surface area contributed by atoms with Crippen LogP contribution in [0.2, 0.25) is 0 Å². The molecule has 0 radical (unpaired) electrons. The molecule has 4 aromatic rings. The van der Waals surface area contributed by atoms with Crippen LogP contribution in [0.5, 0.6) is 0 Å². The SMILES string of the molecule is Cc1cccc(NC(=O)/C=C/c2c(C#N)c3c(C)cc(C)nc3n2[C@H]2CCCc3ccccc32)c1. The van der Waals surface area contributed by atoms with E-state index in [4.69, 9.17) is 4.98 Å². The Morgan fingerprint density at radius 2 is 1.97 bits per heavy atom. The fourth-order valence-electron chi connectivity index (χ4n) is 5.31. The highest BCUT2D eigenvalue weighted by Gasteiger charge is 2.28. The number of nitrogens with one attached hydrogen (secondary N) is 1. The Morgan fingerprint density at radius 1 is 1.14 bits per heavy atom. The third-order valence-electron chi connectivity index (χ3n) is 6.76. The lowest BCUT2D eigenvalue weighted by Gasteiger charge is -2.28. The molecule has 0 aliphatic heterocycles. The molecule has 0 fully saturated rings. The molecule has 35 heavy (non-hydrogen) atoms. The van der Waals surface area contributed by atoms with E-state index >= 15 is 0 Å². The minimum Gasteiger partial charge on any atom is -0.323 e. The number of nitriles is 1. The lowest BCUT2D eigenvalue weighted by Crippen LogP contribution is -2.19. The Balaban J connectivity index is 1.66. The molecule has 0 unspecified atom stereocenters. The van der Waals surface area contributed by atoms with E-state index in [1.54, 1.807) is 6.08 Å². The molecule has 5 heteroatoms. The maximum atomic E-state index is 12.8. The molecule has 1 atom stereocenters. The van der Waals surface area contributed by atoms with Crippen LogP contribution >= 0.6 is 0 Å². The summed E-state index contributed by atoms with van der Waals surface area (Å²) in [4.78, 5) is 17.7. The number of pyridine rings is 1. The number of hydrogen-bond donors (Lipinski definition) is 1. The minimum atomic E-state index is -0.235. The molecule has 1 aliphatic rings. The zero-order chi connectivity index (χ0) is 24.5. The molecule has 174 valence electrons. The van der Waals surface area contributed by atoms with Crippen molar-refractivity contribution in [2.24, 2.45) is 0 Å². The molecule has 2 heterocycles. The number of benzene rings is 2. The Labute approximate surface area is 205 Å². The first-order valence-electron chi connectivity index (χ1n) is 12.0. The largest absolute Gasteiger partial charge is 0.323 e. The summed E-state index contributed by atoms with van der Waals surface area (Å²) in [5, 5.41) is 14.0. The molecule has 5 rings (SSSR count). The van der Waals surface area contributed by atoms with Crippen molar-refractivity contribution in [3.05, 3.63) is 99.9 Å². The Hall–Kier alpha value is -4.17. The second-order valence-corrected chi connectivity index (χ2v) is 9.32. The van der Waals surface area contributed by atoms with Gasteiger partial charge in [0.2, 0.25) is 5.91 Å². The first-order valence-corrected chi connectivity index (χ1v) is 12.0. The van der Waals surface area contributed by atoms with E-state index in [-0.39, 0.29) is 11.9 Å². The van der Waals surface area contributed by atoms with Gasteiger partial charge in [-0.15, -0.1) is 0 Å². The third kappa shape index (κ3) is 4.24. The van der Waals surface area contributed by atoms with Gasteiger partial charge in [0.05, 0.1) is 17.3 Å². The van der Waals surface area contributed by atoms with Crippen LogP contribution < -0.4 is 5.32 Å². The number of amides is 1. The van der Waals surface area contributed by atoms with E-state index in [2.05, 4.69) is 40.2 Å². The fraction of sp³-hybridized carbons (Fsp3) is 0.233. The van der Waals surface area contributed by atoms with Gasteiger partial charge in [-0.05, 0) is 86.6 Å². The van der Waals surface area contributed by atoms with Crippen LogP contribution in [0.1, 0.15) is 58.1 Å². The van der Waals surface area contributed by atoms with Crippen LogP contribution in [0.15, 0.2) is 60.7 Å². The zero-order valence-electron chi connectivity index (χ0n) is 20.3. The van der Waals surface area contributed by atoms with Crippen LogP contribution in [0, 0.1) is 32.1 Å². The maximum absolute atomic E-state index is 12.8. The zero-order valence-corrected chi connectivity index (χ0v) is 20.3. The quantitative estimate of drug-likeness (QED) is 0.358. The first-order chi connectivity index (χ1) is 17.0. The van der Waals surface area contributed by atoms with Crippen LogP contribution in [0.3, 0.4) is 0 Å². The lowest BCUT2D eigenvalue weighted by atomic mass is 9.87. The summed E-state index contributed by atoms with van der Waals surface area (Å²) in [6, 6.07) is 20.7. The van der Waals surface area contributed by atoms with Gasteiger partial charge in [0.1, 0.15) is 11.7 Å². The highest BCUT2D eigenvalue weighted by atomic mass is 16.1. The van der Waals surface area contributed by atoms with Crippen LogP contribution in [-0.2, 0) is 11.2 Å². The number of carbonyl (C=O) groups is 1. The summed E-state index contributed by atoms with van der Waals surface area (Å²) in [6.45, 7) is 5.99. The van der Waals surface area contributed by atoms with Crippen LogP contribution in [0.25, 0.3) is 17.1 Å². The van der Waals surface area contributed by atoms with E-state index in [0.717, 1.165) is 58.5 Å². The smallest absolute Gasteiger partial charge is 0.248 e. The number of hydrogen-bond acceptors (Lipinski definition) is 3. The maximum Gasteiger partial charge on any atom is 0.248 e. The number of fused-ring (bicyclic) bond motifs is 2. The predicted octanol–water partition coefficient (Wildman–Crippen LogP) is 6.41. The van der Waals surface area contributed by atoms with E-state index in [0.29, 0.717) is 5.56 Å². The molecule has 0 saturated heterocycles. The van der Waals surface area contributed by atoms with Gasteiger partial charge in [-0.25, -0.2) is 4.98 Å². The van der Waals surface area contributed by atoms with E-state index in [9.17, 15) is 10.1 Å².